The molecule has 1 amide bonds. The summed E-state index contributed by atoms with van der Waals surface area (Å²) in [5.74, 6) is 1.16. The second-order valence-electron chi connectivity index (χ2n) is 8.80. The zero-order chi connectivity index (χ0) is 24.0. The van der Waals surface area contributed by atoms with Gasteiger partial charge in [0.05, 0.1) is 11.9 Å². The number of benzene rings is 1. The monoisotopic (exact) mass is 472 g/mol. The second kappa shape index (κ2) is 8.20. The first kappa shape index (κ1) is 21.3. The van der Waals surface area contributed by atoms with E-state index in [1.54, 1.807) is 25.5 Å². The number of hydrogen-bond acceptors (Lipinski definition) is 9. The number of nitrogens with zero attached hydrogens (tertiary/aromatic N) is 6. The molecule has 4 aromatic rings. The Morgan fingerprint density at radius 2 is 2.03 bits per heavy atom. The highest BCUT2D eigenvalue weighted by atomic mass is 16.5. The van der Waals surface area contributed by atoms with Crippen molar-refractivity contribution < 1.29 is 14.4 Å². The molecule has 178 valence electrons. The topological polar surface area (TPSA) is 134 Å². The highest BCUT2D eigenvalue weighted by Crippen LogP contribution is 2.35. The molecule has 0 bridgehead atoms. The van der Waals surface area contributed by atoms with E-state index in [0.29, 0.717) is 18.2 Å². The second-order valence-corrected chi connectivity index (χ2v) is 8.80. The Labute approximate surface area is 200 Å². The van der Waals surface area contributed by atoms with Gasteiger partial charge < -0.3 is 25.2 Å². The number of aromatic nitrogens is 5. The molecule has 11 nitrogen and oxygen atoms in total. The van der Waals surface area contributed by atoms with Crippen molar-refractivity contribution in [2.75, 3.05) is 30.8 Å². The number of aryl methyl sites for hydroxylation is 1. The summed E-state index contributed by atoms with van der Waals surface area (Å²) in [4.78, 5) is 22.9. The van der Waals surface area contributed by atoms with E-state index in [9.17, 15) is 9.90 Å². The van der Waals surface area contributed by atoms with Crippen molar-refractivity contribution in [3.8, 4) is 22.5 Å². The van der Waals surface area contributed by atoms with Crippen molar-refractivity contribution in [1.29, 1.82) is 0 Å². The highest BCUT2D eigenvalue weighted by Gasteiger charge is 2.48. The molecule has 2 aliphatic heterocycles. The number of anilines is 3. The number of rotatable bonds is 5. The van der Waals surface area contributed by atoms with Crippen LogP contribution in [0.2, 0.25) is 0 Å². The number of amides is 1. The maximum atomic E-state index is 12.4. The smallest absolute Gasteiger partial charge is 0.262 e. The Bertz CT molecular complexity index is 1410. The molecule has 1 aromatic carbocycles. The fraction of sp³-hybridized carbons (Fsp3) is 0.292. The molecule has 3 N–H and O–H groups in total. The van der Waals surface area contributed by atoms with Crippen LogP contribution in [0.3, 0.4) is 0 Å². The summed E-state index contributed by atoms with van der Waals surface area (Å²) < 4.78 is 7.33. The number of fused-ring (bicyclic) bond motifs is 1. The van der Waals surface area contributed by atoms with Gasteiger partial charge in [-0.3, -0.25) is 4.79 Å². The van der Waals surface area contributed by atoms with Crippen molar-refractivity contribution >= 4 is 23.4 Å². The Kier molecular flexibility index (Phi) is 4.99. The molecule has 0 unspecified atom stereocenters. The van der Waals surface area contributed by atoms with Gasteiger partial charge in [0.25, 0.3) is 5.91 Å². The van der Waals surface area contributed by atoms with Crippen LogP contribution in [-0.2, 0) is 16.9 Å². The van der Waals surface area contributed by atoms with Gasteiger partial charge in [0.15, 0.2) is 5.76 Å². The summed E-state index contributed by atoms with van der Waals surface area (Å²) in [6.45, 7) is 2.24. The van der Waals surface area contributed by atoms with Gasteiger partial charge in [-0.1, -0.05) is 23.4 Å². The summed E-state index contributed by atoms with van der Waals surface area (Å²) >= 11 is 0. The van der Waals surface area contributed by atoms with Crippen LogP contribution in [0, 0.1) is 0 Å². The van der Waals surface area contributed by atoms with Gasteiger partial charge in [0.2, 0.25) is 11.5 Å². The van der Waals surface area contributed by atoms with Gasteiger partial charge in [0.1, 0.15) is 17.2 Å². The van der Waals surface area contributed by atoms with Crippen LogP contribution in [-0.4, -0.2) is 61.0 Å². The van der Waals surface area contributed by atoms with Crippen molar-refractivity contribution in [1.82, 2.24) is 29.8 Å². The third-order valence-electron chi connectivity index (χ3n) is 6.46. The Morgan fingerprint density at radius 3 is 2.86 bits per heavy atom. The molecule has 0 saturated carbocycles. The molecule has 1 fully saturated rings. The average molecular weight is 473 g/mol. The van der Waals surface area contributed by atoms with Crippen LogP contribution < -0.4 is 10.6 Å². The molecule has 1 saturated heterocycles. The number of aliphatic hydroxyl groups is 1. The van der Waals surface area contributed by atoms with E-state index in [2.05, 4.69) is 30.9 Å². The Hall–Kier alpha value is -4.25. The first-order chi connectivity index (χ1) is 17.0. The van der Waals surface area contributed by atoms with Gasteiger partial charge in [-0.2, -0.15) is 5.10 Å². The minimum absolute atomic E-state index is 0.152. The number of nitrogens with one attached hydrogen (secondary N) is 2. The zero-order valence-corrected chi connectivity index (χ0v) is 19.1. The van der Waals surface area contributed by atoms with Crippen LogP contribution in [0.25, 0.3) is 22.5 Å². The lowest BCUT2D eigenvalue weighted by molar-refractivity contribution is -0.144. The third kappa shape index (κ3) is 3.69. The molecule has 3 aromatic heterocycles. The largest absolute Gasteiger partial charge is 0.373 e. The minimum Gasteiger partial charge on any atom is -0.373 e. The number of carbonyl (C=O) groups is 1. The van der Waals surface area contributed by atoms with Crippen molar-refractivity contribution in [3.05, 3.63) is 54.6 Å². The number of carbonyl (C=O) groups excluding carboxylic acids is 1. The van der Waals surface area contributed by atoms with E-state index in [-0.39, 0.29) is 18.1 Å². The van der Waals surface area contributed by atoms with Crippen LogP contribution in [0.5, 0.6) is 0 Å². The predicted molar refractivity (Wildman–Crippen MR) is 128 cm³/mol. The summed E-state index contributed by atoms with van der Waals surface area (Å²) in [5.41, 5.74) is 2.06. The normalized spacial score (nSPS) is 19.5. The van der Waals surface area contributed by atoms with Gasteiger partial charge in [-0.05, 0) is 18.6 Å². The maximum absolute atomic E-state index is 12.4. The lowest BCUT2D eigenvalue weighted by atomic mass is 9.98. The van der Waals surface area contributed by atoms with Crippen LogP contribution in [0.4, 0.5) is 17.5 Å². The standard InChI is InChI=1S/C24H24N8O3/c1-31-11-7-24(34,22(31)33)20-13-18(30-35-20)16-5-2-4-15(12-16)17-6-9-26-23(28-17)29-19-14-27-32-10-3-8-25-21(19)32/h2,4-6,9,12-14,25,34H,3,7-8,10-11H2,1H3,(H,26,28,29)/t24-/m1/s1. The molecule has 35 heavy (non-hydrogen) atoms. The lowest BCUT2D eigenvalue weighted by Crippen LogP contribution is -2.35. The van der Waals surface area contributed by atoms with E-state index in [1.165, 1.54) is 4.90 Å². The van der Waals surface area contributed by atoms with Crippen molar-refractivity contribution in [2.45, 2.75) is 25.0 Å². The van der Waals surface area contributed by atoms with E-state index < -0.39 is 5.60 Å². The number of likely N-dealkylation sites (N-methyl/N-ethyl adjacent to an activating group) is 1. The highest BCUT2D eigenvalue weighted by molar-refractivity contribution is 5.87. The average Bonchev–Trinajstić information content (AvgIpc) is 3.61. The fourth-order valence-corrected chi connectivity index (χ4v) is 4.49. The summed E-state index contributed by atoms with van der Waals surface area (Å²) in [6.07, 6.45) is 4.78. The van der Waals surface area contributed by atoms with Crippen molar-refractivity contribution in [2.24, 2.45) is 0 Å². The number of hydrogen-bond donors (Lipinski definition) is 3. The third-order valence-corrected chi connectivity index (χ3v) is 6.46. The minimum atomic E-state index is -1.67. The first-order valence-corrected chi connectivity index (χ1v) is 11.5. The molecular formula is C24H24N8O3. The first-order valence-electron chi connectivity index (χ1n) is 11.5. The maximum Gasteiger partial charge on any atom is 0.262 e. The molecule has 0 spiro atoms. The SMILES string of the molecule is CN1CC[C@@](O)(c2cc(-c3cccc(-c4ccnc(Nc5cnn6c5NCCC6)n4)c3)no2)C1=O. The molecule has 2 aliphatic rings. The van der Waals surface area contributed by atoms with Gasteiger partial charge in [-0.15, -0.1) is 0 Å². The number of likely N-dealkylation sites (tertiary alicyclic amines) is 1. The summed E-state index contributed by atoms with van der Waals surface area (Å²) in [7, 11) is 1.66. The lowest BCUT2D eigenvalue weighted by Gasteiger charge is -2.17. The van der Waals surface area contributed by atoms with Gasteiger partial charge >= 0.3 is 0 Å². The molecule has 0 aliphatic carbocycles. The molecule has 11 heteroatoms. The van der Waals surface area contributed by atoms with Gasteiger partial charge in [-0.25, -0.2) is 14.6 Å². The molecule has 6 rings (SSSR count). The van der Waals surface area contributed by atoms with E-state index in [0.717, 1.165) is 47.8 Å². The van der Waals surface area contributed by atoms with Crippen LogP contribution in [0.1, 0.15) is 18.6 Å². The quantitative estimate of drug-likeness (QED) is 0.401. The fourth-order valence-electron chi connectivity index (χ4n) is 4.49. The summed E-state index contributed by atoms with van der Waals surface area (Å²) in [6, 6.07) is 11.1. The summed E-state index contributed by atoms with van der Waals surface area (Å²) in [5, 5.41) is 26.0. The van der Waals surface area contributed by atoms with Crippen LogP contribution >= 0.6 is 0 Å². The molecule has 0 radical (unpaired) electrons. The Balaban J connectivity index is 1.26. The molecular weight excluding hydrogens is 448 g/mol. The van der Waals surface area contributed by atoms with Gasteiger partial charge in [0, 0.05) is 56.5 Å². The Morgan fingerprint density at radius 1 is 1.17 bits per heavy atom. The van der Waals surface area contributed by atoms with Crippen LogP contribution in [0.15, 0.2) is 53.3 Å². The molecule has 5 heterocycles. The predicted octanol–water partition coefficient (Wildman–Crippen LogP) is 2.60. The van der Waals surface area contributed by atoms with E-state index in [1.807, 2.05) is 35.0 Å². The molecule has 1 atom stereocenters. The van der Waals surface area contributed by atoms with Crippen molar-refractivity contribution in [3.63, 3.8) is 0 Å². The zero-order valence-electron chi connectivity index (χ0n) is 19.1. The van der Waals surface area contributed by atoms with E-state index in [4.69, 9.17) is 4.52 Å². The van der Waals surface area contributed by atoms with E-state index >= 15 is 0 Å².